The van der Waals surface area contributed by atoms with Gasteiger partial charge in [0.05, 0.1) is 18.2 Å². The van der Waals surface area contributed by atoms with Crippen LogP contribution in [-0.2, 0) is 0 Å². The molecule has 7 heteroatoms. The number of tetrazole rings is 1. The summed E-state index contributed by atoms with van der Waals surface area (Å²) in [6, 6.07) is 15.0. The van der Waals surface area contributed by atoms with Crippen molar-refractivity contribution in [2.45, 2.75) is 20.3 Å². The first kappa shape index (κ1) is 17.3. The summed E-state index contributed by atoms with van der Waals surface area (Å²) in [7, 11) is 0. The molecule has 26 heavy (non-hydrogen) atoms. The van der Waals surface area contributed by atoms with E-state index in [2.05, 4.69) is 21.6 Å². The molecule has 2 aromatic carbocycles. The molecule has 1 heterocycles. The van der Waals surface area contributed by atoms with E-state index < -0.39 is 0 Å². The molecule has 0 aliphatic rings. The number of carbonyl (C=O) groups excluding carboxylic acids is 1. The third-order valence-corrected chi connectivity index (χ3v) is 4.22. The van der Waals surface area contributed by atoms with Crippen molar-refractivity contribution in [3.63, 3.8) is 0 Å². The Labute approximate surface area is 151 Å². The number of rotatable bonds is 5. The largest absolute Gasteiger partial charge is 0.307 e. The number of hydrogen-bond acceptors (Lipinski definition) is 5. The smallest absolute Gasteiger partial charge is 0.258 e. The van der Waals surface area contributed by atoms with Gasteiger partial charge in [-0.15, -0.1) is 5.10 Å². The maximum atomic E-state index is 13.0. The van der Waals surface area contributed by atoms with Gasteiger partial charge in [-0.2, -0.15) is 5.26 Å². The van der Waals surface area contributed by atoms with Gasteiger partial charge in [-0.25, -0.2) is 4.68 Å². The van der Waals surface area contributed by atoms with Crippen molar-refractivity contribution in [1.29, 1.82) is 5.26 Å². The molecule has 0 aliphatic carbocycles. The van der Waals surface area contributed by atoms with Crippen LogP contribution in [0, 0.1) is 25.2 Å². The molecule has 1 amide bonds. The third-order valence-electron chi connectivity index (χ3n) is 4.22. The Morgan fingerprint density at radius 3 is 2.54 bits per heavy atom. The molecule has 0 aliphatic heterocycles. The minimum Gasteiger partial charge on any atom is -0.307 e. The fourth-order valence-corrected chi connectivity index (χ4v) is 2.60. The van der Waals surface area contributed by atoms with E-state index in [4.69, 9.17) is 5.26 Å². The molecule has 130 valence electrons. The number of benzene rings is 2. The molecule has 0 saturated carbocycles. The van der Waals surface area contributed by atoms with Crippen LogP contribution in [-0.4, -0.2) is 32.7 Å². The Hall–Kier alpha value is -3.53. The topological polar surface area (TPSA) is 87.7 Å². The van der Waals surface area contributed by atoms with Crippen LogP contribution in [0.25, 0.3) is 5.69 Å². The van der Waals surface area contributed by atoms with Crippen LogP contribution in [0.5, 0.6) is 0 Å². The maximum absolute atomic E-state index is 13.0. The van der Waals surface area contributed by atoms with Crippen molar-refractivity contribution >= 4 is 11.6 Å². The molecule has 0 radical (unpaired) electrons. The van der Waals surface area contributed by atoms with Crippen LogP contribution in [0.3, 0.4) is 0 Å². The van der Waals surface area contributed by atoms with E-state index in [1.165, 1.54) is 11.0 Å². The second kappa shape index (κ2) is 7.57. The lowest BCUT2D eigenvalue weighted by atomic mass is 10.1. The molecule has 0 atom stereocenters. The van der Waals surface area contributed by atoms with Crippen LogP contribution in [0.2, 0.25) is 0 Å². The number of aryl methyl sites for hydroxylation is 2. The van der Waals surface area contributed by atoms with Gasteiger partial charge in [-0.05, 0) is 71.8 Å². The zero-order chi connectivity index (χ0) is 18.5. The molecule has 0 fully saturated rings. The predicted octanol–water partition coefficient (Wildman–Crippen LogP) is 2.84. The molecular weight excluding hydrogens is 328 g/mol. The molecule has 3 rings (SSSR count). The molecule has 0 bridgehead atoms. The molecular formula is C19H18N6O. The fourth-order valence-electron chi connectivity index (χ4n) is 2.60. The lowest BCUT2D eigenvalue weighted by Gasteiger charge is -2.23. The second-order valence-corrected chi connectivity index (χ2v) is 5.93. The molecule has 0 spiro atoms. The number of hydrogen-bond donors (Lipinski definition) is 0. The number of anilines is 1. The van der Waals surface area contributed by atoms with Crippen molar-refractivity contribution in [1.82, 2.24) is 20.2 Å². The maximum Gasteiger partial charge on any atom is 0.258 e. The van der Waals surface area contributed by atoms with Gasteiger partial charge in [0.25, 0.3) is 5.91 Å². The Bertz CT molecular complexity index is 941. The van der Waals surface area contributed by atoms with Crippen LogP contribution >= 0.6 is 0 Å². The van der Waals surface area contributed by atoms with E-state index in [9.17, 15) is 4.79 Å². The zero-order valence-corrected chi connectivity index (χ0v) is 14.6. The quantitative estimate of drug-likeness (QED) is 0.709. The Morgan fingerprint density at radius 1 is 1.15 bits per heavy atom. The van der Waals surface area contributed by atoms with Crippen molar-refractivity contribution in [3.05, 3.63) is 65.5 Å². The molecule has 1 aromatic heterocycles. The van der Waals surface area contributed by atoms with Crippen molar-refractivity contribution < 1.29 is 4.79 Å². The van der Waals surface area contributed by atoms with Gasteiger partial charge in [0.1, 0.15) is 6.33 Å². The average Bonchev–Trinajstić information content (AvgIpc) is 3.19. The van der Waals surface area contributed by atoms with E-state index in [-0.39, 0.29) is 12.3 Å². The van der Waals surface area contributed by atoms with Crippen molar-refractivity contribution in [2.24, 2.45) is 0 Å². The number of nitriles is 1. The molecule has 0 N–H and O–H groups in total. The minimum absolute atomic E-state index is 0.147. The Morgan fingerprint density at radius 2 is 1.92 bits per heavy atom. The van der Waals surface area contributed by atoms with Crippen molar-refractivity contribution in [2.75, 3.05) is 11.4 Å². The lowest BCUT2D eigenvalue weighted by Crippen LogP contribution is -2.32. The van der Waals surface area contributed by atoms with Gasteiger partial charge in [-0.3, -0.25) is 4.79 Å². The minimum atomic E-state index is -0.147. The number of nitrogens with zero attached hydrogens (tertiary/aromatic N) is 6. The van der Waals surface area contributed by atoms with Crippen LogP contribution in [0.4, 0.5) is 5.69 Å². The van der Waals surface area contributed by atoms with Gasteiger partial charge in [0.15, 0.2) is 0 Å². The zero-order valence-electron chi connectivity index (χ0n) is 14.6. The summed E-state index contributed by atoms with van der Waals surface area (Å²) in [6.07, 6.45) is 1.76. The van der Waals surface area contributed by atoms with E-state index in [1.54, 1.807) is 29.2 Å². The molecule has 0 unspecified atom stereocenters. The first-order valence-electron chi connectivity index (χ1n) is 8.19. The summed E-state index contributed by atoms with van der Waals surface area (Å²) in [5.41, 5.74) is 4.36. The highest BCUT2D eigenvalue weighted by Gasteiger charge is 2.18. The van der Waals surface area contributed by atoms with Gasteiger partial charge < -0.3 is 4.90 Å². The standard InChI is InChI=1S/C19H18N6O/c1-14-4-7-18(12-15(14)2)24(11-3-10-20)19(26)16-5-8-17(9-6-16)25-13-21-22-23-25/h4-9,12-13H,3,11H2,1-2H3. The Kier molecular flexibility index (Phi) is 5.04. The molecule has 7 nitrogen and oxygen atoms in total. The van der Waals surface area contributed by atoms with E-state index in [0.29, 0.717) is 12.1 Å². The summed E-state index contributed by atoms with van der Waals surface area (Å²) >= 11 is 0. The fraction of sp³-hybridized carbons (Fsp3) is 0.211. The van der Waals surface area contributed by atoms with Gasteiger partial charge in [-0.1, -0.05) is 6.07 Å². The van der Waals surface area contributed by atoms with Crippen LogP contribution < -0.4 is 4.90 Å². The highest BCUT2D eigenvalue weighted by molar-refractivity contribution is 6.06. The average molecular weight is 346 g/mol. The van der Waals surface area contributed by atoms with E-state index >= 15 is 0 Å². The van der Waals surface area contributed by atoms with Crippen LogP contribution in [0.15, 0.2) is 48.8 Å². The summed E-state index contributed by atoms with van der Waals surface area (Å²) in [5.74, 6) is -0.147. The summed E-state index contributed by atoms with van der Waals surface area (Å²) < 4.78 is 1.52. The number of amides is 1. The van der Waals surface area contributed by atoms with Gasteiger partial charge in [0.2, 0.25) is 0 Å². The van der Waals surface area contributed by atoms with Crippen LogP contribution in [0.1, 0.15) is 27.9 Å². The number of aromatic nitrogens is 4. The van der Waals surface area contributed by atoms with Gasteiger partial charge in [0, 0.05) is 17.8 Å². The summed E-state index contributed by atoms with van der Waals surface area (Å²) in [4.78, 5) is 14.7. The summed E-state index contributed by atoms with van der Waals surface area (Å²) in [5, 5.41) is 20.0. The normalized spacial score (nSPS) is 10.3. The highest BCUT2D eigenvalue weighted by Crippen LogP contribution is 2.22. The first-order valence-corrected chi connectivity index (χ1v) is 8.19. The summed E-state index contributed by atoms with van der Waals surface area (Å²) in [6.45, 7) is 4.37. The third kappa shape index (κ3) is 3.59. The second-order valence-electron chi connectivity index (χ2n) is 5.93. The number of carbonyl (C=O) groups is 1. The Balaban J connectivity index is 1.89. The molecule has 0 saturated heterocycles. The lowest BCUT2D eigenvalue weighted by molar-refractivity contribution is 0.0987. The predicted molar refractivity (Wildman–Crippen MR) is 97.0 cm³/mol. The highest BCUT2D eigenvalue weighted by atomic mass is 16.2. The van der Waals surface area contributed by atoms with Crippen molar-refractivity contribution in [3.8, 4) is 11.8 Å². The van der Waals surface area contributed by atoms with E-state index in [1.807, 2.05) is 32.0 Å². The van der Waals surface area contributed by atoms with Gasteiger partial charge >= 0.3 is 0 Å². The monoisotopic (exact) mass is 346 g/mol. The molecule has 3 aromatic rings. The first-order chi connectivity index (χ1) is 12.6. The van der Waals surface area contributed by atoms with E-state index in [0.717, 1.165) is 22.5 Å². The SMILES string of the molecule is Cc1ccc(N(CCC#N)C(=O)c2ccc(-n3cnnn3)cc2)cc1C.